The van der Waals surface area contributed by atoms with E-state index in [-0.39, 0.29) is 5.91 Å². The smallest absolute Gasteiger partial charge is 0.272 e. The standard InChI is InChI=1S/C16H15N5O2/c17-11-12-2-1-3-13(10-12)19-16-18-5-4-14(20-16)15(22)21-6-8-23-9-7-21/h1-5,10H,6-9H2,(H,18,19,20). The maximum absolute atomic E-state index is 12.4. The second kappa shape index (κ2) is 6.85. The third-order valence-corrected chi connectivity index (χ3v) is 3.42. The average Bonchev–Trinajstić information content (AvgIpc) is 2.62. The quantitative estimate of drug-likeness (QED) is 0.925. The summed E-state index contributed by atoms with van der Waals surface area (Å²) in [5.41, 5.74) is 1.57. The zero-order chi connectivity index (χ0) is 16.1. The molecule has 3 rings (SSSR count). The molecule has 1 aliphatic heterocycles. The van der Waals surface area contributed by atoms with E-state index in [1.807, 2.05) is 0 Å². The molecule has 0 spiro atoms. The van der Waals surface area contributed by atoms with Crippen LogP contribution in [0.4, 0.5) is 11.6 Å². The second-order valence-electron chi connectivity index (χ2n) is 4.99. The second-order valence-corrected chi connectivity index (χ2v) is 4.99. The average molecular weight is 309 g/mol. The molecule has 0 radical (unpaired) electrons. The molecular weight excluding hydrogens is 294 g/mol. The number of amides is 1. The van der Waals surface area contributed by atoms with E-state index >= 15 is 0 Å². The number of morpholine rings is 1. The van der Waals surface area contributed by atoms with Crippen LogP contribution in [0.5, 0.6) is 0 Å². The first-order chi connectivity index (χ1) is 11.3. The minimum atomic E-state index is -0.135. The van der Waals surface area contributed by atoms with Crippen molar-refractivity contribution in [3.63, 3.8) is 0 Å². The zero-order valence-electron chi connectivity index (χ0n) is 12.4. The third-order valence-electron chi connectivity index (χ3n) is 3.42. The summed E-state index contributed by atoms with van der Waals surface area (Å²) in [5.74, 6) is 0.184. The Balaban J connectivity index is 1.76. The highest BCUT2D eigenvalue weighted by Crippen LogP contribution is 2.15. The highest BCUT2D eigenvalue weighted by molar-refractivity contribution is 5.92. The lowest BCUT2D eigenvalue weighted by molar-refractivity contribution is 0.0299. The predicted octanol–water partition coefficient (Wildman–Crippen LogP) is 1.56. The number of carbonyl (C=O) groups is 1. The van der Waals surface area contributed by atoms with Crippen molar-refractivity contribution < 1.29 is 9.53 Å². The molecule has 1 fully saturated rings. The van der Waals surface area contributed by atoms with Crippen LogP contribution >= 0.6 is 0 Å². The van der Waals surface area contributed by atoms with Gasteiger partial charge in [-0.05, 0) is 24.3 Å². The van der Waals surface area contributed by atoms with Crippen LogP contribution in [0.15, 0.2) is 36.5 Å². The molecule has 0 unspecified atom stereocenters. The Morgan fingerprint density at radius 2 is 2.13 bits per heavy atom. The molecule has 1 aromatic carbocycles. The fourth-order valence-electron chi connectivity index (χ4n) is 2.26. The van der Waals surface area contributed by atoms with Crippen LogP contribution in [0.2, 0.25) is 0 Å². The summed E-state index contributed by atoms with van der Waals surface area (Å²) < 4.78 is 5.24. The van der Waals surface area contributed by atoms with Crippen molar-refractivity contribution in [3.05, 3.63) is 47.8 Å². The summed E-state index contributed by atoms with van der Waals surface area (Å²) in [7, 11) is 0. The number of nitrogens with one attached hydrogen (secondary N) is 1. The lowest BCUT2D eigenvalue weighted by Gasteiger charge is -2.26. The van der Waals surface area contributed by atoms with Crippen molar-refractivity contribution in [3.8, 4) is 6.07 Å². The van der Waals surface area contributed by atoms with Gasteiger partial charge < -0.3 is 15.0 Å². The van der Waals surface area contributed by atoms with Gasteiger partial charge in [0.15, 0.2) is 0 Å². The Kier molecular flexibility index (Phi) is 4.45. The van der Waals surface area contributed by atoms with E-state index in [0.717, 1.165) is 0 Å². The topological polar surface area (TPSA) is 91.1 Å². The Bertz CT molecular complexity index is 750. The fourth-order valence-corrected chi connectivity index (χ4v) is 2.26. The molecule has 0 aliphatic carbocycles. The van der Waals surface area contributed by atoms with E-state index in [1.54, 1.807) is 35.2 Å². The van der Waals surface area contributed by atoms with Crippen LogP contribution < -0.4 is 5.32 Å². The summed E-state index contributed by atoms with van der Waals surface area (Å²) in [6, 6.07) is 10.6. The molecule has 1 N–H and O–H groups in total. The number of nitrogens with zero attached hydrogens (tertiary/aromatic N) is 4. The van der Waals surface area contributed by atoms with E-state index < -0.39 is 0 Å². The summed E-state index contributed by atoms with van der Waals surface area (Å²) >= 11 is 0. The lowest BCUT2D eigenvalue weighted by Crippen LogP contribution is -2.41. The van der Waals surface area contributed by atoms with E-state index in [4.69, 9.17) is 10.00 Å². The van der Waals surface area contributed by atoms with Gasteiger partial charge in [0.1, 0.15) is 5.69 Å². The van der Waals surface area contributed by atoms with Gasteiger partial charge in [-0.1, -0.05) is 6.07 Å². The van der Waals surface area contributed by atoms with E-state index in [0.29, 0.717) is 49.2 Å². The molecule has 0 saturated carbocycles. The Labute approximate surface area is 133 Å². The number of aromatic nitrogens is 2. The number of nitriles is 1. The van der Waals surface area contributed by atoms with Gasteiger partial charge in [0.2, 0.25) is 5.95 Å². The van der Waals surface area contributed by atoms with Gasteiger partial charge in [-0.3, -0.25) is 4.79 Å². The molecule has 7 heteroatoms. The van der Waals surface area contributed by atoms with Crippen molar-refractivity contribution in [2.75, 3.05) is 31.6 Å². The van der Waals surface area contributed by atoms with E-state index in [9.17, 15) is 4.79 Å². The van der Waals surface area contributed by atoms with Crippen LogP contribution in [-0.2, 0) is 4.74 Å². The normalized spacial score (nSPS) is 14.1. The zero-order valence-corrected chi connectivity index (χ0v) is 12.4. The van der Waals surface area contributed by atoms with Gasteiger partial charge in [0.25, 0.3) is 5.91 Å². The van der Waals surface area contributed by atoms with Crippen molar-refractivity contribution in [2.45, 2.75) is 0 Å². The van der Waals surface area contributed by atoms with Gasteiger partial charge >= 0.3 is 0 Å². The maximum atomic E-state index is 12.4. The Hall–Kier alpha value is -2.98. The van der Waals surface area contributed by atoms with Gasteiger partial charge in [-0.15, -0.1) is 0 Å². The molecule has 1 amide bonds. The first-order valence-electron chi connectivity index (χ1n) is 7.23. The van der Waals surface area contributed by atoms with Crippen LogP contribution in [0.3, 0.4) is 0 Å². The summed E-state index contributed by atoms with van der Waals surface area (Å²) in [6.45, 7) is 2.22. The summed E-state index contributed by atoms with van der Waals surface area (Å²) in [4.78, 5) is 22.5. The maximum Gasteiger partial charge on any atom is 0.272 e. The molecule has 0 atom stereocenters. The molecule has 23 heavy (non-hydrogen) atoms. The van der Waals surface area contributed by atoms with Crippen LogP contribution in [0.1, 0.15) is 16.1 Å². The van der Waals surface area contributed by atoms with Crippen molar-refractivity contribution in [2.24, 2.45) is 0 Å². The van der Waals surface area contributed by atoms with Crippen molar-refractivity contribution in [1.29, 1.82) is 5.26 Å². The summed E-state index contributed by atoms with van der Waals surface area (Å²) in [6.07, 6.45) is 1.54. The van der Waals surface area contributed by atoms with Gasteiger partial charge in [0, 0.05) is 25.0 Å². The first kappa shape index (κ1) is 14.9. The number of anilines is 2. The molecule has 1 saturated heterocycles. The van der Waals surface area contributed by atoms with Crippen LogP contribution in [-0.4, -0.2) is 47.1 Å². The molecule has 2 heterocycles. The molecule has 116 valence electrons. The van der Waals surface area contributed by atoms with Gasteiger partial charge in [-0.25, -0.2) is 9.97 Å². The SMILES string of the molecule is N#Cc1cccc(Nc2nccc(C(=O)N3CCOCC3)n2)c1. The highest BCUT2D eigenvalue weighted by Gasteiger charge is 2.20. The number of hydrogen-bond donors (Lipinski definition) is 1. The Morgan fingerprint density at radius 3 is 2.91 bits per heavy atom. The molecule has 1 aliphatic rings. The summed E-state index contributed by atoms with van der Waals surface area (Å²) in [5, 5.41) is 11.9. The number of hydrogen-bond acceptors (Lipinski definition) is 6. The number of rotatable bonds is 3. The number of ether oxygens (including phenoxy) is 1. The predicted molar refractivity (Wildman–Crippen MR) is 83.2 cm³/mol. The highest BCUT2D eigenvalue weighted by atomic mass is 16.5. The van der Waals surface area contributed by atoms with E-state index in [1.165, 1.54) is 6.20 Å². The monoisotopic (exact) mass is 309 g/mol. The fraction of sp³-hybridized carbons (Fsp3) is 0.250. The van der Waals surface area contributed by atoms with Crippen LogP contribution in [0, 0.1) is 11.3 Å². The molecule has 0 bridgehead atoms. The molecule has 2 aromatic rings. The Morgan fingerprint density at radius 1 is 1.30 bits per heavy atom. The number of carbonyl (C=O) groups excluding carboxylic acids is 1. The lowest BCUT2D eigenvalue weighted by atomic mass is 10.2. The van der Waals surface area contributed by atoms with Crippen molar-refractivity contribution in [1.82, 2.24) is 14.9 Å². The first-order valence-corrected chi connectivity index (χ1v) is 7.23. The minimum Gasteiger partial charge on any atom is -0.378 e. The number of benzene rings is 1. The molecule has 1 aromatic heterocycles. The third kappa shape index (κ3) is 3.62. The van der Waals surface area contributed by atoms with Gasteiger partial charge in [0.05, 0.1) is 24.8 Å². The van der Waals surface area contributed by atoms with Gasteiger partial charge in [-0.2, -0.15) is 5.26 Å². The molecular formula is C16H15N5O2. The van der Waals surface area contributed by atoms with Crippen molar-refractivity contribution >= 4 is 17.5 Å². The van der Waals surface area contributed by atoms with Crippen LogP contribution in [0.25, 0.3) is 0 Å². The minimum absolute atomic E-state index is 0.135. The largest absolute Gasteiger partial charge is 0.378 e. The molecule has 7 nitrogen and oxygen atoms in total. The van der Waals surface area contributed by atoms with E-state index in [2.05, 4.69) is 21.4 Å².